The average Bonchev–Trinajstić information content (AvgIpc) is 2.29. The van der Waals surface area contributed by atoms with E-state index in [1.165, 1.54) is 6.07 Å². The molecule has 1 amide bonds. The van der Waals surface area contributed by atoms with E-state index in [4.69, 9.17) is 5.11 Å². The molecular formula is C14H17NO4. The Morgan fingerprint density at radius 3 is 2.58 bits per heavy atom. The van der Waals surface area contributed by atoms with E-state index in [0.29, 0.717) is 18.4 Å². The lowest BCUT2D eigenvalue weighted by molar-refractivity contribution is -0.139. The number of amides is 1. The smallest absolute Gasteiger partial charge is 0.305 e. The maximum Gasteiger partial charge on any atom is 0.305 e. The van der Waals surface area contributed by atoms with Crippen LogP contribution in [0, 0.1) is 6.92 Å². The molecule has 3 N–H and O–H groups in total. The van der Waals surface area contributed by atoms with Gasteiger partial charge in [0.25, 0.3) is 5.91 Å². The molecule has 0 radical (unpaired) electrons. The molecule has 0 aromatic heterocycles. The highest BCUT2D eigenvalue weighted by molar-refractivity contribution is 5.98. The maximum atomic E-state index is 12.1. The molecule has 19 heavy (non-hydrogen) atoms. The van der Waals surface area contributed by atoms with E-state index in [2.05, 4.69) is 5.32 Å². The largest absolute Gasteiger partial charge is 0.507 e. The minimum absolute atomic E-state index is 0.0511. The minimum Gasteiger partial charge on any atom is -0.507 e. The second kappa shape index (κ2) is 4.91. The molecule has 1 fully saturated rings. The zero-order valence-corrected chi connectivity index (χ0v) is 10.8. The lowest BCUT2D eigenvalue weighted by Gasteiger charge is -2.41. The van der Waals surface area contributed by atoms with Crippen LogP contribution in [0.15, 0.2) is 18.2 Å². The summed E-state index contributed by atoms with van der Waals surface area (Å²) in [4.78, 5) is 23.0. The van der Waals surface area contributed by atoms with E-state index in [-0.39, 0.29) is 17.7 Å². The highest BCUT2D eigenvalue weighted by Gasteiger charge is 2.40. The van der Waals surface area contributed by atoms with E-state index in [9.17, 15) is 14.7 Å². The van der Waals surface area contributed by atoms with Crippen LogP contribution in [0.25, 0.3) is 0 Å². The van der Waals surface area contributed by atoms with Gasteiger partial charge in [-0.15, -0.1) is 0 Å². The van der Waals surface area contributed by atoms with Crippen LogP contribution in [0.3, 0.4) is 0 Å². The number of carbonyl (C=O) groups excluding carboxylic acids is 1. The van der Waals surface area contributed by atoms with Crippen LogP contribution in [0.5, 0.6) is 5.75 Å². The molecule has 1 aromatic rings. The van der Waals surface area contributed by atoms with E-state index >= 15 is 0 Å². The van der Waals surface area contributed by atoms with Gasteiger partial charge in [-0.1, -0.05) is 12.1 Å². The van der Waals surface area contributed by atoms with E-state index < -0.39 is 17.4 Å². The maximum absolute atomic E-state index is 12.1. The highest BCUT2D eigenvalue weighted by Crippen LogP contribution is 2.35. The first kappa shape index (κ1) is 13.4. The molecule has 0 unspecified atom stereocenters. The first-order valence-corrected chi connectivity index (χ1v) is 6.26. The van der Waals surface area contributed by atoms with Crippen LogP contribution >= 0.6 is 0 Å². The zero-order valence-electron chi connectivity index (χ0n) is 10.8. The number of aromatic hydroxyl groups is 1. The third-order valence-corrected chi connectivity index (χ3v) is 3.66. The molecule has 0 atom stereocenters. The quantitative estimate of drug-likeness (QED) is 0.773. The van der Waals surface area contributed by atoms with Gasteiger partial charge >= 0.3 is 5.97 Å². The van der Waals surface area contributed by atoms with Crippen molar-refractivity contribution in [3.63, 3.8) is 0 Å². The predicted octanol–water partition coefficient (Wildman–Crippen LogP) is 1.83. The first-order valence-electron chi connectivity index (χ1n) is 6.26. The van der Waals surface area contributed by atoms with Crippen LogP contribution < -0.4 is 5.32 Å². The summed E-state index contributed by atoms with van der Waals surface area (Å²) in [5.41, 5.74) is 0.157. The number of phenolic OH excluding ortho intramolecular Hbond substituents is 1. The molecule has 5 heteroatoms. The molecule has 0 spiro atoms. The van der Waals surface area contributed by atoms with Crippen LogP contribution in [0.2, 0.25) is 0 Å². The van der Waals surface area contributed by atoms with Gasteiger partial charge in [0.15, 0.2) is 0 Å². The Balaban J connectivity index is 2.16. The Labute approximate surface area is 111 Å². The first-order chi connectivity index (χ1) is 8.93. The van der Waals surface area contributed by atoms with Gasteiger partial charge in [-0.05, 0) is 37.8 Å². The van der Waals surface area contributed by atoms with Gasteiger partial charge in [0.1, 0.15) is 5.75 Å². The van der Waals surface area contributed by atoms with Crippen LogP contribution in [0.1, 0.15) is 41.6 Å². The number of benzene rings is 1. The van der Waals surface area contributed by atoms with Crippen molar-refractivity contribution in [2.24, 2.45) is 0 Å². The second-order valence-electron chi connectivity index (χ2n) is 5.13. The molecule has 1 aliphatic carbocycles. The molecule has 0 bridgehead atoms. The number of hydrogen-bond donors (Lipinski definition) is 3. The lowest BCUT2D eigenvalue weighted by Crippen LogP contribution is -2.54. The number of phenols is 1. The van der Waals surface area contributed by atoms with Crippen LogP contribution in [-0.2, 0) is 4.79 Å². The van der Waals surface area contributed by atoms with E-state index in [0.717, 1.165) is 6.42 Å². The Hall–Kier alpha value is -2.04. The summed E-state index contributed by atoms with van der Waals surface area (Å²) in [6.45, 7) is 1.71. The summed E-state index contributed by atoms with van der Waals surface area (Å²) in [5, 5.41) is 21.5. The molecule has 1 aromatic carbocycles. The topological polar surface area (TPSA) is 86.6 Å². The van der Waals surface area contributed by atoms with Crippen molar-refractivity contribution < 1.29 is 19.8 Å². The number of rotatable bonds is 4. The third kappa shape index (κ3) is 2.70. The summed E-state index contributed by atoms with van der Waals surface area (Å²) in [7, 11) is 0. The van der Waals surface area contributed by atoms with E-state index in [1.54, 1.807) is 19.1 Å². The molecule has 0 heterocycles. The number of carboxylic acid groups (broad SMARTS) is 1. The van der Waals surface area contributed by atoms with Gasteiger partial charge in [0, 0.05) is 0 Å². The lowest BCUT2D eigenvalue weighted by atomic mass is 9.74. The number of hydrogen-bond acceptors (Lipinski definition) is 3. The molecule has 102 valence electrons. The van der Waals surface area contributed by atoms with E-state index in [1.807, 2.05) is 0 Å². The SMILES string of the molecule is Cc1cccc(C(=O)NC2(CC(=O)O)CCC2)c1O. The van der Waals surface area contributed by atoms with Crippen molar-refractivity contribution in [1.82, 2.24) is 5.32 Å². The van der Waals surface area contributed by atoms with Gasteiger partial charge in [0.2, 0.25) is 0 Å². The van der Waals surface area contributed by atoms with Crippen molar-refractivity contribution in [3.8, 4) is 5.75 Å². The summed E-state index contributed by atoms with van der Waals surface area (Å²) in [5.74, 6) is -1.39. The van der Waals surface area contributed by atoms with Crippen molar-refractivity contribution in [2.75, 3.05) is 0 Å². The van der Waals surface area contributed by atoms with Gasteiger partial charge in [0.05, 0.1) is 17.5 Å². The summed E-state index contributed by atoms with van der Waals surface area (Å²) >= 11 is 0. The van der Waals surface area contributed by atoms with Crippen LogP contribution in [0.4, 0.5) is 0 Å². The van der Waals surface area contributed by atoms with Crippen LogP contribution in [-0.4, -0.2) is 27.6 Å². The van der Waals surface area contributed by atoms with Gasteiger partial charge in [-0.3, -0.25) is 9.59 Å². The highest BCUT2D eigenvalue weighted by atomic mass is 16.4. The van der Waals surface area contributed by atoms with Gasteiger partial charge < -0.3 is 15.5 Å². The molecule has 1 saturated carbocycles. The number of para-hydroxylation sites is 1. The Bertz CT molecular complexity index is 520. The fourth-order valence-electron chi connectivity index (χ4n) is 2.39. The summed E-state index contributed by atoms with van der Waals surface area (Å²) in [6, 6.07) is 4.93. The van der Waals surface area contributed by atoms with Gasteiger partial charge in [-0.25, -0.2) is 0 Å². The van der Waals surface area contributed by atoms with Crippen molar-refractivity contribution in [2.45, 2.75) is 38.1 Å². The number of aliphatic carboxylic acids is 1. The standard InChI is InChI=1S/C14H17NO4/c1-9-4-2-5-10(12(9)18)13(19)15-14(6-3-7-14)8-11(16)17/h2,4-5,18H,3,6-8H2,1H3,(H,15,19)(H,16,17). The molecule has 0 aliphatic heterocycles. The fourth-order valence-corrected chi connectivity index (χ4v) is 2.39. The Kier molecular flexibility index (Phi) is 3.46. The molecule has 1 aliphatic rings. The predicted molar refractivity (Wildman–Crippen MR) is 69.1 cm³/mol. The molecule has 0 saturated heterocycles. The molecule has 5 nitrogen and oxygen atoms in total. The third-order valence-electron chi connectivity index (χ3n) is 3.66. The second-order valence-corrected chi connectivity index (χ2v) is 5.13. The number of nitrogens with one attached hydrogen (secondary N) is 1. The van der Waals surface area contributed by atoms with Crippen molar-refractivity contribution >= 4 is 11.9 Å². The normalized spacial score (nSPS) is 16.5. The Morgan fingerprint density at radius 2 is 2.05 bits per heavy atom. The molecule has 2 rings (SSSR count). The zero-order chi connectivity index (χ0) is 14.0. The minimum atomic E-state index is -0.923. The fraction of sp³-hybridized carbons (Fsp3) is 0.429. The summed E-state index contributed by atoms with van der Waals surface area (Å²) < 4.78 is 0. The summed E-state index contributed by atoms with van der Waals surface area (Å²) in [6.07, 6.45) is 2.16. The Morgan fingerprint density at radius 1 is 1.37 bits per heavy atom. The van der Waals surface area contributed by atoms with Gasteiger partial charge in [-0.2, -0.15) is 0 Å². The number of aryl methyl sites for hydroxylation is 1. The number of carbonyl (C=O) groups is 2. The number of carboxylic acids is 1. The average molecular weight is 263 g/mol. The molecular weight excluding hydrogens is 246 g/mol. The monoisotopic (exact) mass is 263 g/mol. The van der Waals surface area contributed by atoms with Crippen molar-refractivity contribution in [1.29, 1.82) is 0 Å². The van der Waals surface area contributed by atoms with Crippen molar-refractivity contribution in [3.05, 3.63) is 29.3 Å².